The Kier molecular flexibility index (Phi) is 9.36. The van der Waals surface area contributed by atoms with E-state index in [0.29, 0.717) is 11.1 Å². The number of amides is 2. The standard InChI is InChI=1S/C38H36N2O9S2/c1-23(41)47-33(25-13-8-5-9-14-25)34(43)49-29-17-18-46-22-27-21-38(51-3)36(45)39-31-26(20-37(39,50-2)35(44)40(38)32(27)29)15-10-16-28(31)48-30(42)19-24-11-6-4-7-12-24/h4-18,22,28-29,31-33H,19-21H2,1-3H3/t28-,29-,31-,32-,33+,37+,38+/m0/s1. The number of piperazine rings is 1. The Morgan fingerprint density at radius 1 is 0.843 bits per heavy atom. The van der Waals surface area contributed by atoms with Gasteiger partial charge < -0.3 is 28.7 Å². The highest BCUT2D eigenvalue weighted by Crippen LogP contribution is 2.59. The molecule has 51 heavy (non-hydrogen) atoms. The average molecular weight is 729 g/mol. The molecule has 11 nitrogen and oxygen atoms in total. The number of nitrogens with zero attached hydrogens (tertiary/aromatic N) is 2. The summed E-state index contributed by atoms with van der Waals surface area (Å²) in [4.78, 5) is 69.8. The van der Waals surface area contributed by atoms with Crippen LogP contribution in [0.1, 0.15) is 37.0 Å². The molecule has 2 amide bonds. The van der Waals surface area contributed by atoms with Crippen LogP contribution in [0.5, 0.6) is 0 Å². The summed E-state index contributed by atoms with van der Waals surface area (Å²) in [5.41, 5.74) is 2.61. The fourth-order valence-corrected chi connectivity index (χ4v) is 9.64. The van der Waals surface area contributed by atoms with Gasteiger partial charge in [0.05, 0.1) is 31.0 Å². The first-order chi connectivity index (χ1) is 24.6. The van der Waals surface area contributed by atoms with Gasteiger partial charge in [0.1, 0.15) is 12.2 Å². The van der Waals surface area contributed by atoms with Crippen LogP contribution in [-0.4, -0.2) is 86.1 Å². The summed E-state index contributed by atoms with van der Waals surface area (Å²) in [5.74, 6) is -2.60. The molecule has 4 aliphatic heterocycles. The Morgan fingerprint density at radius 2 is 1.43 bits per heavy atom. The average Bonchev–Trinajstić information content (AvgIpc) is 3.60. The number of carbonyl (C=O) groups is 5. The highest BCUT2D eigenvalue weighted by atomic mass is 32.2. The highest BCUT2D eigenvalue weighted by molar-refractivity contribution is 8.01. The third kappa shape index (κ3) is 5.85. The van der Waals surface area contributed by atoms with Crippen molar-refractivity contribution in [2.24, 2.45) is 0 Å². The van der Waals surface area contributed by atoms with E-state index in [2.05, 4.69) is 0 Å². The molecule has 7 atom stereocenters. The van der Waals surface area contributed by atoms with Crippen LogP contribution in [-0.2, 0) is 49.3 Å². The van der Waals surface area contributed by atoms with Gasteiger partial charge in [-0.15, -0.1) is 23.5 Å². The number of esters is 3. The zero-order chi connectivity index (χ0) is 35.9. The summed E-state index contributed by atoms with van der Waals surface area (Å²) in [6.45, 7) is 1.21. The second-order valence-electron chi connectivity index (χ2n) is 12.8. The van der Waals surface area contributed by atoms with Crippen molar-refractivity contribution in [3.8, 4) is 0 Å². The summed E-state index contributed by atoms with van der Waals surface area (Å²) in [7, 11) is 0. The predicted molar refractivity (Wildman–Crippen MR) is 189 cm³/mol. The summed E-state index contributed by atoms with van der Waals surface area (Å²) in [6, 6.07) is 16.2. The lowest BCUT2D eigenvalue weighted by molar-refractivity contribution is -0.176. The number of benzene rings is 2. The summed E-state index contributed by atoms with van der Waals surface area (Å²) in [5, 5.41) is 0. The van der Waals surface area contributed by atoms with E-state index in [1.54, 1.807) is 64.8 Å². The van der Waals surface area contributed by atoms with E-state index >= 15 is 9.59 Å². The largest absolute Gasteiger partial charge is 0.473 e. The Balaban J connectivity index is 1.22. The second kappa shape index (κ2) is 13.8. The minimum absolute atomic E-state index is 0.0616. The Bertz CT molecular complexity index is 1880. The van der Waals surface area contributed by atoms with E-state index in [1.807, 2.05) is 36.4 Å². The molecule has 0 saturated carbocycles. The van der Waals surface area contributed by atoms with Crippen LogP contribution < -0.4 is 0 Å². The lowest BCUT2D eigenvalue weighted by Gasteiger charge is -2.54. The van der Waals surface area contributed by atoms with Crippen molar-refractivity contribution in [2.75, 3.05) is 12.5 Å². The first-order valence-corrected chi connectivity index (χ1v) is 18.9. The molecular weight excluding hydrogens is 693 g/mol. The van der Waals surface area contributed by atoms with Gasteiger partial charge in [0.25, 0.3) is 11.8 Å². The van der Waals surface area contributed by atoms with Crippen LogP contribution in [0.25, 0.3) is 0 Å². The predicted octanol–water partition coefficient (Wildman–Crippen LogP) is 4.62. The van der Waals surface area contributed by atoms with Crippen molar-refractivity contribution in [3.63, 3.8) is 0 Å². The lowest BCUT2D eigenvalue weighted by atomic mass is 9.96. The van der Waals surface area contributed by atoms with E-state index in [0.717, 1.165) is 11.1 Å². The summed E-state index contributed by atoms with van der Waals surface area (Å²) >= 11 is 2.48. The van der Waals surface area contributed by atoms with E-state index in [-0.39, 0.29) is 31.1 Å². The van der Waals surface area contributed by atoms with E-state index in [4.69, 9.17) is 18.9 Å². The molecule has 0 unspecified atom stereocenters. The molecule has 0 bridgehead atoms. The molecule has 13 heteroatoms. The van der Waals surface area contributed by atoms with Gasteiger partial charge in [-0.2, -0.15) is 0 Å². The number of hydrogen-bond acceptors (Lipinski definition) is 11. The third-order valence-corrected chi connectivity index (χ3v) is 12.3. The Hall–Kier alpha value is -4.75. The van der Waals surface area contributed by atoms with E-state index in [1.165, 1.54) is 49.0 Å². The van der Waals surface area contributed by atoms with Gasteiger partial charge >= 0.3 is 17.9 Å². The maximum atomic E-state index is 15.2. The van der Waals surface area contributed by atoms with Gasteiger partial charge in [-0.3, -0.25) is 19.2 Å². The van der Waals surface area contributed by atoms with Crippen molar-refractivity contribution in [2.45, 2.75) is 66.3 Å². The number of hydrogen-bond donors (Lipinski definition) is 0. The Morgan fingerprint density at radius 3 is 2.06 bits per heavy atom. The van der Waals surface area contributed by atoms with Crippen LogP contribution >= 0.6 is 23.5 Å². The monoisotopic (exact) mass is 728 g/mol. The molecule has 0 N–H and O–H groups in total. The molecule has 3 fully saturated rings. The molecule has 4 heterocycles. The highest BCUT2D eigenvalue weighted by Gasteiger charge is 2.73. The SMILES string of the molecule is CS[C@@]12CC3=CC=C[C@H](OC(=O)Cc4ccccc4)[C@H]3N1C(=O)[C@]1(SC)CC3=COC=C[C@H](OC(=O)[C@H](OC(C)=O)c4ccccc4)[C@H]3N1C2=O. The van der Waals surface area contributed by atoms with Crippen molar-refractivity contribution in [3.05, 3.63) is 120 Å². The summed E-state index contributed by atoms with van der Waals surface area (Å²) < 4.78 is 23.2. The number of carbonyl (C=O) groups excluding carboxylic acids is 5. The van der Waals surface area contributed by atoms with Crippen LogP contribution in [0, 0.1) is 0 Å². The van der Waals surface area contributed by atoms with Crippen LogP contribution in [0.4, 0.5) is 0 Å². The first kappa shape index (κ1) is 34.7. The minimum Gasteiger partial charge on any atom is -0.473 e. The molecule has 2 aromatic rings. The zero-order valence-corrected chi connectivity index (χ0v) is 29.8. The van der Waals surface area contributed by atoms with Crippen LogP contribution in [0.2, 0.25) is 0 Å². The summed E-state index contributed by atoms with van der Waals surface area (Å²) in [6.07, 6.45) is 10.5. The molecule has 7 rings (SSSR count). The van der Waals surface area contributed by atoms with Gasteiger partial charge in [0.2, 0.25) is 6.10 Å². The molecule has 3 saturated heterocycles. The normalized spacial score (nSPS) is 29.3. The molecule has 1 aliphatic carbocycles. The fourth-order valence-electron chi connectivity index (χ4n) is 7.68. The number of rotatable bonds is 9. The topological polar surface area (TPSA) is 129 Å². The Labute approximate surface area is 303 Å². The van der Waals surface area contributed by atoms with Crippen LogP contribution in [0.15, 0.2) is 109 Å². The number of thioether (sulfide) groups is 2. The molecule has 0 aromatic heterocycles. The molecule has 264 valence electrons. The maximum Gasteiger partial charge on any atom is 0.352 e. The van der Waals surface area contributed by atoms with Gasteiger partial charge in [-0.05, 0) is 41.4 Å². The number of ether oxygens (including phenoxy) is 4. The number of fused-ring (bicyclic) bond motifs is 6. The second-order valence-corrected chi connectivity index (χ2v) is 14.9. The maximum absolute atomic E-state index is 15.2. The first-order valence-electron chi connectivity index (χ1n) is 16.5. The third-order valence-electron chi connectivity index (χ3n) is 9.87. The molecule has 5 aliphatic rings. The lowest BCUT2D eigenvalue weighted by Crippen LogP contribution is -2.74. The van der Waals surface area contributed by atoms with E-state index < -0.39 is 58.0 Å². The quantitative estimate of drug-likeness (QED) is 0.265. The van der Waals surface area contributed by atoms with Gasteiger partial charge in [-0.25, -0.2) is 4.79 Å². The van der Waals surface area contributed by atoms with E-state index in [9.17, 15) is 14.4 Å². The van der Waals surface area contributed by atoms with Crippen molar-refractivity contribution in [1.29, 1.82) is 0 Å². The van der Waals surface area contributed by atoms with Crippen LogP contribution in [0.3, 0.4) is 0 Å². The smallest absolute Gasteiger partial charge is 0.352 e. The molecule has 0 radical (unpaired) electrons. The number of allylic oxidation sites excluding steroid dienone is 2. The van der Waals surface area contributed by atoms with Crippen molar-refractivity contribution >= 4 is 53.2 Å². The molecular formula is C38H36N2O9S2. The van der Waals surface area contributed by atoms with Gasteiger partial charge in [0.15, 0.2) is 9.74 Å². The van der Waals surface area contributed by atoms with Gasteiger partial charge in [0, 0.05) is 25.3 Å². The zero-order valence-electron chi connectivity index (χ0n) is 28.1. The van der Waals surface area contributed by atoms with Gasteiger partial charge in [-0.1, -0.05) is 72.8 Å². The minimum atomic E-state index is -1.42. The fraction of sp³-hybridized carbons (Fsp3) is 0.342. The van der Waals surface area contributed by atoms with Crippen molar-refractivity contribution < 1.29 is 42.9 Å². The molecule has 0 spiro atoms. The molecule has 2 aromatic carbocycles. The van der Waals surface area contributed by atoms with Crippen molar-refractivity contribution in [1.82, 2.24) is 9.80 Å².